The summed E-state index contributed by atoms with van der Waals surface area (Å²) in [6, 6.07) is 2.80. The number of carbonyl (C=O) groups is 1. The van der Waals surface area contributed by atoms with Gasteiger partial charge in [-0.2, -0.15) is 0 Å². The molecule has 0 aliphatic carbocycles. The van der Waals surface area contributed by atoms with E-state index in [0.29, 0.717) is 11.2 Å². The molecule has 0 radical (unpaired) electrons. The third kappa shape index (κ3) is 4.44. The number of methoxy groups -OCH3 is 2. The number of nitrogens with one attached hydrogen (secondary N) is 2. The predicted octanol–water partition coefficient (Wildman–Crippen LogP) is 0.437. The van der Waals surface area contributed by atoms with Gasteiger partial charge in [-0.25, -0.2) is 9.97 Å². The number of hydrogen-bond acceptors (Lipinski definition) is 7. The number of fused-ring (bicyclic) bond motifs is 1. The van der Waals surface area contributed by atoms with Gasteiger partial charge in [0.05, 0.1) is 25.8 Å². The third-order valence-electron chi connectivity index (χ3n) is 3.48. The number of anilines is 1. The topological polar surface area (TPSA) is 107 Å². The molecule has 1 amide bonds. The second kappa shape index (κ2) is 8.75. The number of amides is 1. The highest BCUT2D eigenvalue weighted by Gasteiger charge is 2.20. The standard InChI is InChI=1S/C15H20ClN5O4/c1-17-12(22)6-18-13-15(23)21(9(7-24-2)8-25-3)14-10(19-13)4-5-11(16)20-14/h4-5,9H,6-8H2,1-3H3,(H,17,22)(H,18,19). The number of ether oxygens (including phenoxy) is 2. The first-order chi connectivity index (χ1) is 12.0. The Balaban J connectivity index is 2.61. The maximum Gasteiger partial charge on any atom is 0.295 e. The van der Waals surface area contributed by atoms with Gasteiger partial charge in [-0.15, -0.1) is 0 Å². The molecule has 0 aliphatic rings. The van der Waals surface area contributed by atoms with Crippen molar-refractivity contribution in [2.45, 2.75) is 6.04 Å². The molecule has 0 fully saturated rings. The normalized spacial score (nSPS) is 11.1. The molecule has 0 saturated carbocycles. The highest BCUT2D eigenvalue weighted by Crippen LogP contribution is 2.18. The van der Waals surface area contributed by atoms with Crippen molar-refractivity contribution in [2.24, 2.45) is 0 Å². The average Bonchev–Trinajstić information content (AvgIpc) is 2.60. The quantitative estimate of drug-likeness (QED) is 0.650. The number of hydrogen-bond donors (Lipinski definition) is 2. The molecule has 10 heteroatoms. The smallest absolute Gasteiger partial charge is 0.295 e. The van der Waals surface area contributed by atoms with Crippen LogP contribution in [0.1, 0.15) is 6.04 Å². The molecule has 2 N–H and O–H groups in total. The van der Waals surface area contributed by atoms with Gasteiger partial charge in [-0.3, -0.25) is 14.2 Å². The summed E-state index contributed by atoms with van der Waals surface area (Å²) in [4.78, 5) is 32.8. The maximum absolute atomic E-state index is 12.9. The summed E-state index contributed by atoms with van der Waals surface area (Å²) in [5, 5.41) is 5.46. The van der Waals surface area contributed by atoms with Gasteiger partial charge in [0.2, 0.25) is 5.91 Å². The van der Waals surface area contributed by atoms with E-state index < -0.39 is 11.6 Å². The predicted molar refractivity (Wildman–Crippen MR) is 94.2 cm³/mol. The summed E-state index contributed by atoms with van der Waals surface area (Å²) in [6.45, 7) is 0.385. The molecule has 0 atom stereocenters. The molecule has 25 heavy (non-hydrogen) atoms. The number of likely N-dealkylation sites (N-methyl/N-ethyl adjacent to an activating group) is 1. The van der Waals surface area contributed by atoms with Crippen LogP contribution in [0.4, 0.5) is 5.82 Å². The Morgan fingerprint density at radius 1 is 1.28 bits per heavy atom. The van der Waals surface area contributed by atoms with Gasteiger partial charge in [0, 0.05) is 21.3 Å². The van der Waals surface area contributed by atoms with Crippen LogP contribution in [0.3, 0.4) is 0 Å². The fourth-order valence-corrected chi connectivity index (χ4v) is 2.49. The second-order valence-corrected chi connectivity index (χ2v) is 5.59. The largest absolute Gasteiger partial charge is 0.382 e. The van der Waals surface area contributed by atoms with E-state index in [1.54, 1.807) is 12.1 Å². The molecule has 2 aromatic heterocycles. The zero-order chi connectivity index (χ0) is 18.4. The van der Waals surface area contributed by atoms with Crippen molar-refractivity contribution in [1.82, 2.24) is 19.9 Å². The Kier molecular flexibility index (Phi) is 6.68. The molecule has 136 valence electrons. The van der Waals surface area contributed by atoms with Crippen LogP contribution < -0.4 is 16.2 Å². The van der Waals surface area contributed by atoms with Crippen LogP contribution in [0.5, 0.6) is 0 Å². The first-order valence-electron chi connectivity index (χ1n) is 7.53. The summed E-state index contributed by atoms with van der Waals surface area (Å²) in [6.07, 6.45) is 0. The number of carbonyl (C=O) groups excluding carboxylic acids is 1. The van der Waals surface area contributed by atoms with Gasteiger partial charge >= 0.3 is 0 Å². The molecule has 2 heterocycles. The van der Waals surface area contributed by atoms with Gasteiger partial charge in [-0.1, -0.05) is 11.6 Å². The molecule has 0 spiro atoms. The van der Waals surface area contributed by atoms with Crippen molar-refractivity contribution in [2.75, 3.05) is 46.3 Å². The highest BCUT2D eigenvalue weighted by atomic mass is 35.5. The number of rotatable bonds is 8. The van der Waals surface area contributed by atoms with E-state index in [-0.39, 0.29) is 36.6 Å². The van der Waals surface area contributed by atoms with Gasteiger partial charge in [0.15, 0.2) is 11.5 Å². The molecular formula is C15H20ClN5O4. The van der Waals surface area contributed by atoms with Gasteiger partial charge < -0.3 is 20.1 Å². The van der Waals surface area contributed by atoms with Crippen molar-refractivity contribution >= 4 is 34.5 Å². The Hall–Kier alpha value is -2.23. The molecule has 0 bridgehead atoms. The second-order valence-electron chi connectivity index (χ2n) is 5.20. The van der Waals surface area contributed by atoms with E-state index in [2.05, 4.69) is 20.6 Å². The van der Waals surface area contributed by atoms with Crippen LogP contribution in [0, 0.1) is 0 Å². The molecule has 2 aromatic rings. The lowest BCUT2D eigenvalue weighted by Crippen LogP contribution is -2.35. The fraction of sp³-hybridized carbons (Fsp3) is 0.467. The average molecular weight is 370 g/mol. The molecule has 9 nitrogen and oxygen atoms in total. The van der Waals surface area contributed by atoms with Crippen LogP contribution in [-0.2, 0) is 14.3 Å². The minimum absolute atomic E-state index is 0.0393. The van der Waals surface area contributed by atoms with Crippen LogP contribution in [0.15, 0.2) is 16.9 Å². The van der Waals surface area contributed by atoms with Crippen molar-refractivity contribution in [3.8, 4) is 0 Å². The van der Waals surface area contributed by atoms with Crippen LogP contribution in [0.25, 0.3) is 11.2 Å². The van der Waals surface area contributed by atoms with Gasteiger partial charge in [0.25, 0.3) is 5.56 Å². The van der Waals surface area contributed by atoms with Crippen molar-refractivity contribution in [1.29, 1.82) is 0 Å². The number of nitrogens with zero attached hydrogens (tertiary/aromatic N) is 3. The zero-order valence-corrected chi connectivity index (χ0v) is 15.0. The Labute approximate surface area is 149 Å². The van der Waals surface area contributed by atoms with Crippen molar-refractivity contribution < 1.29 is 14.3 Å². The Morgan fingerprint density at radius 3 is 2.56 bits per heavy atom. The van der Waals surface area contributed by atoms with E-state index in [1.165, 1.54) is 25.8 Å². The van der Waals surface area contributed by atoms with Crippen LogP contribution in [0.2, 0.25) is 5.15 Å². The molecular weight excluding hydrogens is 350 g/mol. The Morgan fingerprint density at radius 2 is 1.96 bits per heavy atom. The lowest BCUT2D eigenvalue weighted by atomic mass is 10.3. The molecule has 2 rings (SSSR count). The first kappa shape index (κ1) is 19.1. The first-order valence-corrected chi connectivity index (χ1v) is 7.90. The Bertz CT molecular complexity index is 804. The van der Waals surface area contributed by atoms with Crippen LogP contribution >= 0.6 is 11.6 Å². The molecule has 0 aromatic carbocycles. The zero-order valence-electron chi connectivity index (χ0n) is 14.2. The summed E-state index contributed by atoms with van der Waals surface area (Å²) in [5.74, 6) is -0.232. The van der Waals surface area contributed by atoms with E-state index in [4.69, 9.17) is 21.1 Å². The minimum atomic E-state index is -0.440. The molecule has 0 unspecified atom stereocenters. The summed E-state index contributed by atoms with van der Waals surface area (Å²) in [7, 11) is 4.57. The van der Waals surface area contributed by atoms with Gasteiger partial charge in [0.1, 0.15) is 10.7 Å². The van der Waals surface area contributed by atoms with Crippen molar-refractivity contribution in [3.05, 3.63) is 27.6 Å². The monoisotopic (exact) mass is 369 g/mol. The highest BCUT2D eigenvalue weighted by molar-refractivity contribution is 6.29. The molecule has 0 saturated heterocycles. The fourth-order valence-electron chi connectivity index (χ4n) is 2.35. The maximum atomic E-state index is 12.9. The van der Waals surface area contributed by atoms with E-state index in [9.17, 15) is 9.59 Å². The summed E-state index contributed by atoms with van der Waals surface area (Å²) in [5.41, 5.74) is 0.341. The third-order valence-corrected chi connectivity index (χ3v) is 3.69. The number of halogens is 1. The lowest BCUT2D eigenvalue weighted by Gasteiger charge is -2.20. The summed E-state index contributed by atoms with van der Waals surface area (Å²) >= 11 is 5.98. The number of aromatic nitrogens is 3. The van der Waals surface area contributed by atoms with Crippen LogP contribution in [-0.4, -0.2) is 61.5 Å². The number of pyridine rings is 1. The molecule has 0 aliphatic heterocycles. The van der Waals surface area contributed by atoms with Gasteiger partial charge in [-0.05, 0) is 12.1 Å². The summed E-state index contributed by atoms with van der Waals surface area (Å²) < 4.78 is 11.8. The lowest BCUT2D eigenvalue weighted by molar-refractivity contribution is -0.118. The minimum Gasteiger partial charge on any atom is -0.382 e. The van der Waals surface area contributed by atoms with E-state index in [1.807, 2.05) is 0 Å². The van der Waals surface area contributed by atoms with Crippen molar-refractivity contribution in [3.63, 3.8) is 0 Å². The van der Waals surface area contributed by atoms with E-state index >= 15 is 0 Å². The SMILES string of the molecule is CNC(=O)CNc1nc2ccc(Cl)nc2n(C(COC)COC)c1=O. The van der Waals surface area contributed by atoms with E-state index in [0.717, 1.165) is 0 Å².